The molecule has 3 aromatic rings. The zero-order valence-corrected chi connectivity index (χ0v) is 14.5. The van der Waals surface area contributed by atoms with E-state index >= 15 is 0 Å². The molecule has 1 heterocycles. The number of carbonyl (C=O) groups excluding carboxylic acids is 1. The van der Waals surface area contributed by atoms with E-state index in [0.29, 0.717) is 11.0 Å². The molecule has 0 fully saturated rings. The minimum absolute atomic E-state index is 0.124. The van der Waals surface area contributed by atoms with Crippen molar-refractivity contribution < 1.29 is 17.6 Å². The van der Waals surface area contributed by atoms with Gasteiger partial charge in [0, 0.05) is 6.26 Å². The molecule has 0 atom stereocenters. The van der Waals surface area contributed by atoms with Gasteiger partial charge in [0.15, 0.2) is 9.84 Å². The summed E-state index contributed by atoms with van der Waals surface area (Å²) in [4.78, 5) is 28.2. The van der Waals surface area contributed by atoms with E-state index in [4.69, 9.17) is 0 Å². The smallest absolute Gasteiger partial charge is 0.269 e. The molecule has 134 valence electrons. The van der Waals surface area contributed by atoms with Crippen molar-refractivity contribution in [1.29, 1.82) is 0 Å². The van der Waals surface area contributed by atoms with Crippen LogP contribution in [0, 0.1) is 5.82 Å². The first kappa shape index (κ1) is 17.7. The number of anilines is 1. The molecule has 0 spiro atoms. The van der Waals surface area contributed by atoms with Crippen LogP contribution in [0.2, 0.25) is 0 Å². The number of carbonyl (C=O) groups is 1. The van der Waals surface area contributed by atoms with Crippen molar-refractivity contribution in [3.05, 3.63) is 64.8 Å². The van der Waals surface area contributed by atoms with E-state index < -0.39 is 27.1 Å². The first-order valence-electron chi connectivity index (χ1n) is 7.50. The van der Waals surface area contributed by atoms with Gasteiger partial charge in [0.2, 0.25) is 5.91 Å². The van der Waals surface area contributed by atoms with E-state index in [1.54, 1.807) is 24.3 Å². The SMILES string of the molecule is CS(=O)(=O)c1ccc(F)c(NC(=O)Cn2c(=O)cnc3ccccc32)c1. The summed E-state index contributed by atoms with van der Waals surface area (Å²) in [6.07, 6.45) is 2.08. The first-order valence-corrected chi connectivity index (χ1v) is 9.39. The number of rotatable bonds is 4. The maximum atomic E-state index is 13.9. The molecule has 26 heavy (non-hydrogen) atoms. The van der Waals surface area contributed by atoms with Gasteiger partial charge in [-0.2, -0.15) is 0 Å². The second-order valence-electron chi connectivity index (χ2n) is 5.63. The molecule has 2 aromatic carbocycles. The lowest BCUT2D eigenvalue weighted by Gasteiger charge is -2.11. The van der Waals surface area contributed by atoms with Crippen molar-refractivity contribution >= 4 is 32.5 Å². The number of aromatic nitrogens is 2. The van der Waals surface area contributed by atoms with Crippen LogP contribution in [0.25, 0.3) is 11.0 Å². The van der Waals surface area contributed by atoms with Gasteiger partial charge in [-0.15, -0.1) is 0 Å². The van der Waals surface area contributed by atoms with Crippen LogP contribution in [0.5, 0.6) is 0 Å². The van der Waals surface area contributed by atoms with Gasteiger partial charge in [0.1, 0.15) is 12.4 Å². The summed E-state index contributed by atoms with van der Waals surface area (Å²) >= 11 is 0. The number of hydrogen-bond acceptors (Lipinski definition) is 5. The fourth-order valence-corrected chi connectivity index (χ4v) is 3.09. The van der Waals surface area contributed by atoms with Crippen molar-refractivity contribution in [2.24, 2.45) is 0 Å². The highest BCUT2D eigenvalue weighted by Gasteiger charge is 2.14. The van der Waals surface area contributed by atoms with E-state index in [9.17, 15) is 22.4 Å². The van der Waals surface area contributed by atoms with Crippen molar-refractivity contribution in [2.75, 3.05) is 11.6 Å². The predicted octanol–water partition coefficient (Wildman–Crippen LogP) is 1.58. The Morgan fingerprint density at radius 3 is 2.69 bits per heavy atom. The molecule has 0 radical (unpaired) electrons. The van der Waals surface area contributed by atoms with E-state index in [2.05, 4.69) is 10.3 Å². The molecule has 0 aliphatic rings. The van der Waals surface area contributed by atoms with E-state index in [-0.39, 0.29) is 17.1 Å². The molecule has 1 amide bonds. The fraction of sp³-hybridized carbons (Fsp3) is 0.118. The van der Waals surface area contributed by atoms with Gasteiger partial charge < -0.3 is 5.32 Å². The van der Waals surface area contributed by atoms with Gasteiger partial charge in [-0.3, -0.25) is 14.2 Å². The molecule has 3 rings (SSSR count). The van der Waals surface area contributed by atoms with Crippen molar-refractivity contribution in [3.63, 3.8) is 0 Å². The lowest BCUT2D eigenvalue weighted by Crippen LogP contribution is -2.28. The Morgan fingerprint density at radius 1 is 1.23 bits per heavy atom. The summed E-state index contributed by atoms with van der Waals surface area (Å²) in [5.41, 5.74) is 0.235. The average Bonchev–Trinajstić information content (AvgIpc) is 2.58. The third kappa shape index (κ3) is 3.62. The summed E-state index contributed by atoms with van der Waals surface area (Å²) in [5.74, 6) is -1.45. The zero-order valence-electron chi connectivity index (χ0n) is 13.6. The Bertz CT molecular complexity index is 1170. The van der Waals surface area contributed by atoms with Crippen LogP contribution in [0.4, 0.5) is 10.1 Å². The van der Waals surface area contributed by atoms with Crippen LogP contribution in [0.15, 0.2) is 58.4 Å². The van der Waals surface area contributed by atoms with Crippen molar-refractivity contribution in [3.8, 4) is 0 Å². The largest absolute Gasteiger partial charge is 0.322 e. The number of hydrogen-bond donors (Lipinski definition) is 1. The van der Waals surface area contributed by atoms with Crippen LogP contribution >= 0.6 is 0 Å². The number of para-hydroxylation sites is 2. The van der Waals surface area contributed by atoms with E-state index in [1.165, 1.54) is 4.57 Å². The van der Waals surface area contributed by atoms with Gasteiger partial charge in [-0.1, -0.05) is 12.1 Å². The summed E-state index contributed by atoms with van der Waals surface area (Å²) < 4.78 is 38.3. The first-order chi connectivity index (χ1) is 12.3. The minimum Gasteiger partial charge on any atom is -0.322 e. The standard InChI is InChI=1S/C17H14FN3O4S/c1-26(24,25)11-6-7-12(18)14(8-11)20-16(22)10-21-15-5-3-2-4-13(15)19-9-17(21)23/h2-9H,10H2,1H3,(H,20,22). The summed E-state index contributed by atoms with van der Waals surface area (Å²) in [7, 11) is -3.55. The quantitative estimate of drug-likeness (QED) is 0.698. The topological polar surface area (TPSA) is 98.1 Å². The van der Waals surface area contributed by atoms with Crippen LogP contribution in [0.1, 0.15) is 0 Å². The molecule has 0 bridgehead atoms. The van der Waals surface area contributed by atoms with Crippen molar-refractivity contribution in [2.45, 2.75) is 11.4 Å². The fourth-order valence-electron chi connectivity index (χ4n) is 2.44. The second kappa shape index (κ2) is 6.68. The number of halogens is 1. The Morgan fingerprint density at radius 2 is 1.96 bits per heavy atom. The third-order valence-corrected chi connectivity index (χ3v) is 4.80. The Balaban J connectivity index is 1.91. The normalized spacial score (nSPS) is 11.5. The maximum absolute atomic E-state index is 13.9. The predicted molar refractivity (Wildman–Crippen MR) is 94.1 cm³/mol. The van der Waals surface area contributed by atoms with Crippen LogP contribution in [-0.2, 0) is 21.2 Å². The summed E-state index contributed by atoms with van der Waals surface area (Å²) in [6.45, 7) is -0.371. The second-order valence-corrected chi connectivity index (χ2v) is 7.65. The average molecular weight is 375 g/mol. The van der Waals surface area contributed by atoms with E-state index in [1.807, 2.05) is 0 Å². The Kier molecular flexibility index (Phi) is 4.56. The summed E-state index contributed by atoms with van der Waals surface area (Å²) in [5, 5.41) is 2.30. The highest BCUT2D eigenvalue weighted by Crippen LogP contribution is 2.19. The Hall–Kier alpha value is -3.07. The van der Waals surface area contributed by atoms with Crippen LogP contribution in [0.3, 0.4) is 0 Å². The molecule has 0 aliphatic carbocycles. The van der Waals surface area contributed by atoms with Gasteiger partial charge >= 0.3 is 0 Å². The number of nitrogens with zero attached hydrogens (tertiary/aromatic N) is 2. The van der Waals surface area contributed by atoms with Crippen molar-refractivity contribution in [1.82, 2.24) is 9.55 Å². The van der Waals surface area contributed by atoms with Gasteiger partial charge in [-0.25, -0.2) is 17.8 Å². The zero-order chi connectivity index (χ0) is 18.9. The molecular weight excluding hydrogens is 361 g/mol. The van der Waals surface area contributed by atoms with Gasteiger partial charge in [0.05, 0.1) is 27.8 Å². The molecular formula is C17H14FN3O4S. The monoisotopic (exact) mass is 375 g/mol. The molecule has 0 saturated heterocycles. The summed E-state index contributed by atoms with van der Waals surface area (Å²) in [6, 6.07) is 9.89. The Labute approximate surface area is 148 Å². The molecule has 9 heteroatoms. The van der Waals surface area contributed by atoms with Crippen LogP contribution in [-0.4, -0.2) is 30.1 Å². The minimum atomic E-state index is -3.55. The number of nitrogens with one attached hydrogen (secondary N) is 1. The molecule has 1 N–H and O–H groups in total. The van der Waals surface area contributed by atoms with Crippen LogP contribution < -0.4 is 10.9 Å². The molecule has 1 aromatic heterocycles. The van der Waals surface area contributed by atoms with Gasteiger partial charge in [-0.05, 0) is 30.3 Å². The molecule has 0 saturated carbocycles. The van der Waals surface area contributed by atoms with E-state index in [0.717, 1.165) is 30.7 Å². The molecule has 0 aliphatic heterocycles. The number of sulfone groups is 1. The number of benzene rings is 2. The number of amides is 1. The molecule has 0 unspecified atom stereocenters. The third-order valence-electron chi connectivity index (χ3n) is 3.69. The highest BCUT2D eigenvalue weighted by molar-refractivity contribution is 7.90. The lowest BCUT2D eigenvalue weighted by atomic mass is 10.3. The van der Waals surface area contributed by atoms with Gasteiger partial charge in [0.25, 0.3) is 5.56 Å². The number of fused-ring (bicyclic) bond motifs is 1. The maximum Gasteiger partial charge on any atom is 0.269 e. The highest BCUT2D eigenvalue weighted by atomic mass is 32.2. The lowest BCUT2D eigenvalue weighted by molar-refractivity contribution is -0.116. The molecule has 7 nitrogen and oxygen atoms in total.